The van der Waals surface area contributed by atoms with Crippen LogP contribution in [0.25, 0.3) is 0 Å². The lowest BCUT2D eigenvalue weighted by molar-refractivity contribution is 0.0808. The highest BCUT2D eigenvalue weighted by atomic mass is 16.3. The molecule has 1 rings (SSSR count). The minimum atomic E-state index is -0.809. The van der Waals surface area contributed by atoms with Crippen molar-refractivity contribution in [1.82, 2.24) is 4.90 Å². The number of carbonyl (C=O) groups is 2. The van der Waals surface area contributed by atoms with Gasteiger partial charge in [0.15, 0.2) is 5.76 Å². The first-order chi connectivity index (χ1) is 5.63. The summed E-state index contributed by atoms with van der Waals surface area (Å²) in [4.78, 5) is 22.5. The topological polar surface area (TPSA) is 76.5 Å². The summed E-state index contributed by atoms with van der Waals surface area (Å²) in [6, 6.07) is 2.21. The van der Waals surface area contributed by atoms with Gasteiger partial charge in [-0.25, -0.2) is 4.79 Å². The molecule has 5 nitrogen and oxygen atoms in total. The van der Waals surface area contributed by atoms with Crippen LogP contribution in [-0.2, 0) is 0 Å². The summed E-state index contributed by atoms with van der Waals surface area (Å²) in [5.74, 6) is -0.455. The molecule has 0 aliphatic heterocycles. The second-order valence-electron chi connectivity index (χ2n) is 2.18. The predicted octanol–water partition coefficient (Wildman–Crippen LogP) is 0.430. The van der Waals surface area contributed by atoms with Crippen LogP contribution in [0.4, 0.5) is 4.79 Å². The fourth-order valence-corrected chi connectivity index (χ4v) is 0.666. The minimum absolute atomic E-state index is 0.0938. The summed E-state index contributed by atoms with van der Waals surface area (Å²) in [5.41, 5.74) is 4.87. The number of nitrogens with zero attached hydrogens (tertiary/aromatic N) is 1. The second kappa shape index (κ2) is 3.08. The Morgan fingerprint density at radius 3 is 2.67 bits per heavy atom. The molecule has 0 radical (unpaired) electrons. The van der Waals surface area contributed by atoms with Crippen molar-refractivity contribution in [1.29, 1.82) is 0 Å². The van der Waals surface area contributed by atoms with Crippen LogP contribution in [0, 0.1) is 0 Å². The standard InChI is InChI=1S/C7H8N2O3/c1-9(7(8)11)6(10)5-3-2-4-12-5/h2-4H,1H3,(H2,8,11). The summed E-state index contributed by atoms with van der Waals surface area (Å²) >= 11 is 0. The summed E-state index contributed by atoms with van der Waals surface area (Å²) in [6.07, 6.45) is 1.35. The first kappa shape index (κ1) is 8.32. The SMILES string of the molecule is CN(C(N)=O)C(=O)c1ccco1. The van der Waals surface area contributed by atoms with Gasteiger partial charge in [-0.15, -0.1) is 0 Å². The van der Waals surface area contributed by atoms with Gasteiger partial charge in [0, 0.05) is 7.05 Å². The third kappa shape index (κ3) is 1.45. The van der Waals surface area contributed by atoms with Crippen LogP contribution in [0.1, 0.15) is 10.6 Å². The number of imide groups is 1. The fraction of sp³-hybridized carbons (Fsp3) is 0.143. The van der Waals surface area contributed by atoms with Crippen molar-refractivity contribution >= 4 is 11.9 Å². The van der Waals surface area contributed by atoms with Crippen LogP contribution in [0.3, 0.4) is 0 Å². The number of hydrogen-bond donors (Lipinski definition) is 1. The number of hydrogen-bond acceptors (Lipinski definition) is 3. The van der Waals surface area contributed by atoms with E-state index in [0.717, 1.165) is 4.90 Å². The van der Waals surface area contributed by atoms with Crippen LogP contribution in [0.15, 0.2) is 22.8 Å². The van der Waals surface area contributed by atoms with Crippen molar-refractivity contribution in [2.75, 3.05) is 7.05 Å². The van der Waals surface area contributed by atoms with Crippen molar-refractivity contribution in [3.05, 3.63) is 24.2 Å². The summed E-state index contributed by atoms with van der Waals surface area (Å²) in [5, 5.41) is 0. The van der Waals surface area contributed by atoms with Crippen LogP contribution >= 0.6 is 0 Å². The number of urea groups is 1. The Labute approximate surface area is 68.7 Å². The average molecular weight is 168 g/mol. The minimum Gasteiger partial charge on any atom is -0.459 e. The van der Waals surface area contributed by atoms with E-state index in [4.69, 9.17) is 10.2 Å². The Morgan fingerprint density at radius 2 is 2.25 bits per heavy atom. The van der Waals surface area contributed by atoms with Crippen molar-refractivity contribution in [2.45, 2.75) is 0 Å². The molecule has 0 unspecified atom stereocenters. The monoisotopic (exact) mass is 168 g/mol. The van der Waals surface area contributed by atoms with Gasteiger partial charge >= 0.3 is 6.03 Å². The van der Waals surface area contributed by atoms with Gasteiger partial charge in [-0.2, -0.15) is 0 Å². The molecule has 0 saturated carbocycles. The predicted molar refractivity (Wildman–Crippen MR) is 40.4 cm³/mol. The molecule has 3 amide bonds. The van der Waals surface area contributed by atoms with E-state index in [1.165, 1.54) is 19.4 Å². The molecule has 2 N–H and O–H groups in total. The quantitative estimate of drug-likeness (QED) is 0.660. The van der Waals surface area contributed by atoms with E-state index < -0.39 is 11.9 Å². The molecule has 1 heterocycles. The number of nitrogens with two attached hydrogens (primary N) is 1. The lowest BCUT2D eigenvalue weighted by Gasteiger charge is -2.08. The van der Waals surface area contributed by atoms with Crippen molar-refractivity contribution in [3.63, 3.8) is 0 Å². The van der Waals surface area contributed by atoms with Gasteiger partial charge in [0.05, 0.1) is 6.26 Å². The van der Waals surface area contributed by atoms with Crippen LogP contribution < -0.4 is 5.73 Å². The Kier molecular flexibility index (Phi) is 2.14. The zero-order valence-electron chi connectivity index (χ0n) is 6.48. The smallest absolute Gasteiger partial charge is 0.321 e. The van der Waals surface area contributed by atoms with Gasteiger partial charge in [0.25, 0.3) is 5.91 Å². The van der Waals surface area contributed by atoms with Crippen molar-refractivity contribution in [3.8, 4) is 0 Å². The molecule has 5 heteroatoms. The molecule has 0 aliphatic carbocycles. The molecular formula is C7H8N2O3. The Hall–Kier alpha value is -1.78. The van der Waals surface area contributed by atoms with Gasteiger partial charge < -0.3 is 10.2 Å². The van der Waals surface area contributed by atoms with Gasteiger partial charge in [-0.05, 0) is 12.1 Å². The largest absolute Gasteiger partial charge is 0.459 e. The van der Waals surface area contributed by atoms with Crippen LogP contribution in [-0.4, -0.2) is 23.9 Å². The molecule has 0 bridgehead atoms. The van der Waals surface area contributed by atoms with E-state index in [0.29, 0.717) is 0 Å². The van der Waals surface area contributed by atoms with Crippen LogP contribution in [0.2, 0.25) is 0 Å². The van der Waals surface area contributed by atoms with Crippen LogP contribution in [0.5, 0.6) is 0 Å². The number of rotatable bonds is 1. The molecule has 0 saturated heterocycles. The molecule has 0 atom stereocenters. The van der Waals surface area contributed by atoms with E-state index in [2.05, 4.69) is 0 Å². The highest BCUT2D eigenvalue weighted by Gasteiger charge is 2.17. The molecule has 1 aromatic heterocycles. The second-order valence-corrected chi connectivity index (χ2v) is 2.18. The molecule has 12 heavy (non-hydrogen) atoms. The number of primary amides is 1. The molecule has 0 spiro atoms. The first-order valence-electron chi connectivity index (χ1n) is 3.24. The molecule has 1 aromatic rings. The molecule has 0 aliphatic rings. The molecular weight excluding hydrogens is 160 g/mol. The summed E-state index contributed by atoms with van der Waals surface area (Å²) in [7, 11) is 1.28. The molecule has 0 aromatic carbocycles. The number of furan rings is 1. The van der Waals surface area contributed by atoms with Gasteiger partial charge in [-0.1, -0.05) is 0 Å². The van der Waals surface area contributed by atoms with E-state index >= 15 is 0 Å². The lowest BCUT2D eigenvalue weighted by Crippen LogP contribution is -2.37. The lowest BCUT2D eigenvalue weighted by atomic mass is 10.4. The fourth-order valence-electron chi connectivity index (χ4n) is 0.666. The van der Waals surface area contributed by atoms with E-state index in [9.17, 15) is 9.59 Å². The number of carbonyl (C=O) groups excluding carboxylic acids is 2. The maximum atomic E-state index is 11.2. The highest BCUT2D eigenvalue weighted by molar-refractivity contribution is 6.01. The van der Waals surface area contributed by atoms with Gasteiger partial charge in [0.2, 0.25) is 0 Å². The van der Waals surface area contributed by atoms with E-state index in [1.54, 1.807) is 6.07 Å². The Morgan fingerprint density at radius 1 is 1.58 bits per heavy atom. The normalized spacial score (nSPS) is 9.42. The van der Waals surface area contributed by atoms with Crippen molar-refractivity contribution < 1.29 is 14.0 Å². The maximum Gasteiger partial charge on any atom is 0.321 e. The third-order valence-electron chi connectivity index (χ3n) is 1.37. The average Bonchev–Trinajstić information content (AvgIpc) is 2.53. The van der Waals surface area contributed by atoms with Gasteiger partial charge in [0.1, 0.15) is 0 Å². The zero-order valence-corrected chi connectivity index (χ0v) is 6.48. The Balaban J connectivity index is 2.79. The Bertz CT molecular complexity index is 292. The maximum absolute atomic E-state index is 11.2. The van der Waals surface area contributed by atoms with E-state index in [1.807, 2.05) is 0 Å². The molecule has 64 valence electrons. The summed E-state index contributed by atoms with van der Waals surface area (Å²) < 4.78 is 4.77. The van der Waals surface area contributed by atoms with Gasteiger partial charge in [-0.3, -0.25) is 9.69 Å². The third-order valence-corrected chi connectivity index (χ3v) is 1.37. The van der Waals surface area contributed by atoms with Crippen molar-refractivity contribution in [2.24, 2.45) is 5.73 Å². The number of amides is 3. The van der Waals surface area contributed by atoms with E-state index in [-0.39, 0.29) is 5.76 Å². The molecule has 0 fully saturated rings. The first-order valence-corrected chi connectivity index (χ1v) is 3.24. The highest BCUT2D eigenvalue weighted by Crippen LogP contribution is 2.03. The summed E-state index contributed by atoms with van der Waals surface area (Å²) in [6.45, 7) is 0. The zero-order chi connectivity index (χ0) is 9.14.